The lowest BCUT2D eigenvalue weighted by atomic mass is 9.94. The van der Waals surface area contributed by atoms with Crippen LogP contribution < -0.4 is 4.74 Å². The van der Waals surface area contributed by atoms with Gasteiger partial charge in [0.2, 0.25) is 0 Å². The predicted molar refractivity (Wildman–Crippen MR) is 207 cm³/mol. The second kappa shape index (κ2) is 10.8. The molecule has 51 heavy (non-hydrogen) atoms. The van der Waals surface area contributed by atoms with Crippen molar-refractivity contribution in [2.24, 2.45) is 0 Å². The molecule has 0 spiro atoms. The number of hydrogen-bond donors (Lipinski definition) is 0. The molecule has 0 fully saturated rings. The first kappa shape index (κ1) is 27.9. The molecule has 1 aliphatic heterocycles. The van der Waals surface area contributed by atoms with Crippen molar-refractivity contribution in [1.29, 1.82) is 0 Å². The van der Waals surface area contributed by atoms with Crippen LogP contribution in [0.4, 0.5) is 0 Å². The van der Waals surface area contributed by atoms with Gasteiger partial charge in [-0.25, -0.2) is 0 Å². The van der Waals surface area contributed by atoms with Crippen LogP contribution in [-0.4, -0.2) is 19.1 Å². The highest BCUT2D eigenvalue weighted by molar-refractivity contribution is 6.30. The van der Waals surface area contributed by atoms with Gasteiger partial charge in [-0.05, 0) is 89.0 Å². The van der Waals surface area contributed by atoms with Crippen molar-refractivity contribution in [3.05, 3.63) is 170 Å². The zero-order valence-corrected chi connectivity index (χ0v) is 27.4. The molecule has 0 atom stereocenters. The molecular formula is C46H28N4O. The molecule has 0 bridgehead atoms. The molecule has 4 aromatic heterocycles. The van der Waals surface area contributed by atoms with Gasteiger partial charge in [0.15, 0.2) is 11.5 Å². The van der Waals surface area contributed by atoms with E-state index in [0.29, 0.717) is 0 Å². The smallest absolute Gasteiger partial charge is 0.154 e. The Balaban J connectivity index is 1.18. The lowest BCUT2D eigenvalue weighted by Crippen LogP contribution is -2.04. The molecule has 0 amide bonds. The van der Waals surface area contributed by atoms with Gasteiger partial charge in [-0.15, -0.1) is 0 Å². The Bertz CT molecular complexity index is 2940. The van der Waals surface area contributed by atoms with E-state index in [-0.39, 0.29) is 0 Å². The number of aromatic nitrogens is 4. The molecule has 5 heteroatoms. The SMILES string of the molecule is c1cncc(-c2cc(-c3cccnc3)cc(-c3cccc(-n4c5ccccc5c5c6c7ccccc7n7c6c(cc54)Oc4ccccc4-7)c3)c2)c1. The molecule has 0 saturated heterocycles. The van der Waals surface area contributed by atoms with Crippen LogP contribution in [0.3, 0.4) is 0 Å². The van der Waals surface area contributed by atoms with Gasteiger partial charge >= 0.3 is 0 Å². The first-order chi connectivity index (χ1) is 25.3. The maximum absolute atomic E-state index is 6.73. The third-order valence-electron chi connectivity index (χ3n) is 10.2. The van der Waals surface area contributed by atoms with Crippen molar-refractivity contribution in [2.45, 2.75) is 0 Å². The summed E-state index contributed by atoms with van der Waals surface area (Å²) in [6.07, 6.45) is 7.47. The lowest BCUT2D eigenvalue weighted by molar-refractivity contribution is 0.477. The van der Waals surface area contributed by atoms with Crippen LogP contribution in [0, 0.1) is 0 Å². The van der Waals surface area contributed by atoms with Crippen molar-refractivity contribution >= 4 is 43.6 Å². The van der Waals surface area contributed by atoms with Gasteiger partial charge in [0.25, 0.3) is 0 Å². The molecule has 5 nitrogen and oxygen atoms in total. The van der Waals surface area contributed by atoms with Crippen molar-refractivity contribution in [3.63, 3.8) is 0 Å². The Morgan fingerprint density at radius 3 is 1.73 bits per heavy atom. The molecule has 0 radical (unpaired) electrons. The molecule has 0 saturated carbocycles. The van der Waals surface area contributed by atoms with E-state index in [2.05, 4.69) is 146 Å². The Morgan fingerprint density at radius 2 is 1.02 bits per heavy atom. The van der Waals surface area contributed by atoms with Crippen LogP contribution >= 0.6 is 0 Å². The number of benzene rings is 6. The normalized spacial score (nSPS) is 12.1. The number of hydrogen-bond acceptors (Lipinski definition) is 3. The Hall–Kier alpha value is -6.98. The van der Waals surface area contributed by atoms with Gasteiger partial charge in [-0.3, -0.25) is 9.97 Å². The van der Waals surface area contributed by atoms with Gasteiger partial charge in [-0.2, -0.15) is 0 Å². The molecule has 10 aromatic rings. The summed E-state index contributed by atoms with van der Waals surface area (Å²) in [7, 11) is 0. The van der Waals surface area contributed by atoms with Gasteiger partial charge in [0.1, 0.15) is 0 Å². The number of ether oxygens (including phenoxy) is 1. The number of nitrogens with zero attached hydrogens (tertiary/aromatic N) is 4. The van der Waals surface area contributed by atoms with Crippen LogP contribution in [0.2, 0.25) is 0 Å². The standard InChI is InChI=1S/C46H28N4O/c1-3-16-38-36(14-1)44-41(26-43-46-45(44)37-15-2-4-17-39(37)50(46)40-18-5-6-19-42(40)51-43)49(38)35-13-7-10-29(25-35)32-22-33(30-11-8-20-47-27-30)24-34(23-32)31-12-9-21-48-28-31/h1-28H. The molecule has 6 aromatic carbocycles. The fourth-order valence-electron chi connectivity index (χ4n) is 8.05. The monoisotopic (exact) mass is 652 g/mol. The zero-order valence-electron chi connectivity index (χ0n) is 27.4. The third kappa shape index (κ3) is 4.15. The van der Waals surface area contributed by atoms with E-state index in [0.717, 1.165) is 72.8 Å². The molecule has 5 heterocycles. The molecule has 1 aliphatic rings. The summed E-state index contributed by atoms with van der Waals surface area (Å²) >= 11 is 0. The minimum Gasteiger partial charge on any atom is -0.453 e. The molecule has 238 valence electrons. The van der Waals surface area contributed by atoms with Crippen LogP contribution in [0.1, 0.15) is 0 Å². The van der Waals surface area contributed by atoms with Crippen LogP contribution in [0.15, 0.2) is 170 Å². The molecule has 0 N–H and O–H groups in total. The summed E-state index contributed by atoms with van der Waals surface area (Å²) in [5.74, 6) is 1.72. The van der Waals surface area contributed by atoms with E-state index < -0.39 is 0 Å². The highest BCUT2D eigenvalue weighted by atomic mass is 16.5. The second-order valence-corrected chi connectivity index (χ2v) is 13.1. The number of fused-ring (bicyclic) bond motifs is 9. The van der Waals surface area contributed by atoms with Gasteiger partial charge in [0.05, 0.1) is 27.8 Å². The quantitative estimate of drug-likeness (QED) is 0.190. The minimum atomic E-state index is 0.856. The van der Waals surface area contributed by atoms with Crippen molar-refractivity contribution in [3.8, 4) is 56.3 Å². The fraction of sp³-hybridized carbons (Fsp3) is 0. The first-order valence-electron chi connectivity index (χ1n) is 17.1. The third-order valence-corrected chi connectivity index (χ3v) is 10.2. The number of pyridine rings is 2. The summed E-state index contributed by atoms with van der Waals surface area (Å²) in [5, 5.41) is 4.87. The topological polar surface area (TPSA) is 44.9 Å². The fourth-order valence-corrected chi connectivity index (χ4v) is 8.05. The van der Waals surface area contributed by atoms with Crippen LogP contribution in [-0.2, 0) is 0 Å². The van der Waals surface area contributed by atoms with Crippen molar-refractivity contribution in [2.75, 3.05) is 0 Å². The highest BCUT2D eigenvalue weighted by Crippen LogP contribution is 2.50. The van der Waals surface area contributed by atoms with Crippen molar-refractivity contribution in [1.82, 2.24) is 19.1 Å². The summed E-state index contributed by atoms with van der Waals surface area (Å²) in [6.45, 7) is 0. The summed E-state index contributed by atoms with van der Waals surface area (Å²) in [4.78, 5) is 8.83. The average molecular weight is 653 g/mol. The van der Waals surface area contributed by atoms with Gasteiger partial charge < -0.3 is 13.9 Å². The van der Waals surface area contributed by atoms with E-state index in [1.54, 1.807) is 0 Å². The van der Waals surface area contributed by atoms with Gasteiger partial charge in [-0.1, -0.05) is 72.8 Å². The van der Waals surface area contributed by atoms with Crippen LogP contribution in [0.5, 0.6) is 11.5 Å². The summed E-state index contributed by atoms with van der Waals surface area (Å²) < 4.78 is 11.5. The number of rotatable bonds is 4. The van der Waals surface area contributed by atoms with E-state index in [4.69, 9.17) is 4.74 Å². The van der Waals surface area contributed by atoms with Gasteiger partial charge in [0, 0.05) is 69.2 Å². The predicted octanol–water partition coefficient (Wildman–Crippen LogP) is 11.8. The molecular weight excluding hydrogens is 625 g/mol. The Kier molecular flexibility index (Phi) is 5.89. The zero-order chi connectivity index (χ0) is 33.5. The minimum absolute atomic E-state index is 0.856. The molecule has 11 rings (SSSR count). The molecule has 0 unspecified atom stereocenters. The first-order valence-corrected chi connectivity index (χ1v) is 17.1. The van der Waals surface area contributed by atoms with Crippen LogP contribution in [0.25, 0.3) is 88.4 Å². The summed E-state index contributed by atoms with van der Waals surface area (Å²) in [5.41, 5.74) is 13.3. The van der Waals surface area contributed by atoms with E-state index in [1.807, 2.05) is 43.0 Å². The highest BCUT2D eigenvalue weighted by Gasteiger charge is 2.28. The summed E-state index contributed by atoms with van der Waals surface area (Å²) in [6, 6.07) is 51.8. The maximum Gasteiger partial charge on any atom is 0.154 e. The second-order valence-electron chi connectivity index (χ2n) is 13.1. The average Bonchev–Trinajstić information content (AvgIpc) is 3.72. The Labute approximate surface area is 293 Å². The Morgan fingerprint density at radius 1 is 0.412 bits per heavy atom. The number of para-hydroxylation sites is 4. The largest absolute Gasteiger partial charge is 0.453 e. The van der Waals surface area contributed by atoms with E-state index in [1.165, 1.54) is 27.1 Å². The molecule has 0 aliphatic carbocycles. The maximum atomic E-state index is 6.73. The van der Waals surface area contributed by atoms with E-state index in [9.17, 15) is 0 Å². The van der Waals surface area contributed by atoms with Crippen molar-refractivity contribution < 1.29 is 4.74 Å². The lowest BCUT2D eigenvalue weighted by Gasteiger charge is -2.21. The van der Waals surface area contributed by atoms with E-state index >= 15 is 0 Å².